The first-order chi connectivity index (χ1) is 17.2. The average molecular weight is 513 g/mol. The zero-order chi connectivity index (χ0) is 25.4. The van der Waals surface area contributed by atoms with E-state index < -0.39 is 0 Å². The van der Waals surface area contributed by atoms with Crippen molar-refractivity contribution >= 4 is 30.0 Å². The first-order valence-corrected chi connectivity index (χ1v) is 15.6. The van der Waals surface area contributed by atoms with Crippen molar-refractivity contribution in [2.24, 2.45) is 5.92 Å². The van der Waals surface area contributed by atoms with Gasteiger partial charge in [0.15, 0.2) is 0 Å². The summed E-state index contributed by atoms with van der Waals surface area (Å²) in [6.07, 6.45) is 21.1. The molecule has 1 unspecified atom stereocenters. The summed E-state index contributed by atoms with van der Waals surface area (Å²) in [6, 6.07) is 0. The lowest BCUT2D eigenvalue weighted by Gasteiger charge is -2.22. The molecule has 1 fully saturated rings. The van der Waals surface area contributed by atoms with Crippen molar-refractivity contribution in [3.05, 3.63) is 0 Å². The number of ether oxygens (including phenoxy) is 2. The van der Waals surface area contributed by atoms with E-state index in [1.807, 2.05) is 11.8 Å². The monoisotopic (exact) mass is 512 g/mol. The highest BCUT2D eigenvalue weighted by atomic mass is 32.2. The summed E-state index contributed by atoms with van der Waals surface area (Å²) in [6.45, 7) is 3.15. The second-order valence-electron chi connectivity index (χ2n) is 10.2. The van der Waals surface area contributed by atoms with Gasteiger partial charge in [0.25, 0.3) is 6.47 Å². The molecule has 5 nitrogen and oxygen atoms in total. The standard InChI is InChI=1S/C29H52O5S/c1-2-3-4-12-19-28(34-29(32)21-20-26-15-8-5-9-16-26)24-35-23-14-7-11-18-27(31)17-10-6-13-22-33-25-30/h25-26,28H,2-24H2,1H3. The molecule has 204 valence electrons. The lowest BCUT2D eigenvalue weighted by molar-refractivity contribution is -0.148. The van der Waals surface area contributed by atoms with Gasteiger partial charge >= 0.3 is 5.97 Å². The SMILES string of the molecule is CCCCCCC(CSCCCCCC(=O)CCCCCOC=O)OC(=O)CCC1CCCCC1. The predicted octanol–water partition coefficient (Wildman–Crippen LogP) is 7.83. The second-order valence-corrected chi connectivity index (χ2v) is 11.4. The normalized spacial score (nSPS) is 15.0. The van der Waals surface area contributed by atoms with Crippen molar-refractivity contribution in [2.75, 3.05) is 18.1 Å². The van der Waals surface area contributed by atoms with Gasteiger partial charge in [-0.2, -0.15) is 11.8 Å². The van der Waals surface area contributed by atoms with Crippen molar-refractivity contribution in [2.45, 2.75) is 141 Å². The maximum Gasteiger partial charge on any atom is 0.306 e. The van der Waals surface area contributed by atoms with Gasteiger partial charge in [0.1, 0.15) is 11.9 Å². The minimum absolute atomic E-state index is 0.00596. The van der Waals surface area contributed by atoms with Crippen LogP contribution in [0.4, 0.5) is 0 Å². The van der Waals surface area contributed by atoms with Gasteiger partial charge in [-0.15, -0.1) is 0 Å². The van der Waals surface area contributed by atoms with Crippen LogP contribution in [-0.4, -0.2) is 42.4 Å². The van der Waals surface area contributed by atoms with Crippen LogP contribution in [0.25, 0.3) is 0 Å². The van der Waals surface area contributed by atoms with Crippen LogP contribution in [0.3, 0.4) is 0 Å². The predicted molar refractivity (Wildman–Crippen MR) is 146 cm³/mol. The van der Waals surface area contributed by atoms with Crippen LogP contribution in [0.1, 0.15) is 135 Å². The van der Waals surface area contributed by atoms with Crippen LogP contribution >= 0.6 is 11.8 Å². The number of hydrogen-bond donors (Lipinski definition) is 0. The maximum absolute atomic E-state index is 12.5. The summed E-state index contributed by atoms with van der Waals surface area (Å²) in [5.74, 6) is 3.04. The van der Waals surface area contributed by atoms with Crippen LogP contribution in [0.2, 0.25) is 0 Å². The Balaban J connectivity index is 2.12. The Kier molecular flexibility index (Phi) is 21.4. The zero-order valence-electron chi connectivity index (χ0n) is 22.4. The van der Waals surface area contributed by atoms with E-state index in [4.69, 9.17) is 4.74 Å². The molecular weight excluding hydrogens is 460 g/mol. The lowest BCUT2D eigenvalue weighted by atomic mass is 9.86. The minimum Gasteiger partial charge on any atom is -0.468 e. The molecule has 0 heterocycles. The molecule has 1 atom stereocenters. The number of carbonyl (C=O) groups excluding carboxylic acids is 3. The quantitative estimate of drug-likeness (QED) is 0.0745. The van der Waals surface area contributed by atoms with E-state index in [-0.39, 0.29) is 12.1 Å². The first kappa shape index (κ1) is 32.0. The van der Waals surface area contributed by atoms with E-state index >= 15 is 0 Å². The Morgan fingerprint density at radius 1 is 0.886 bits per heavy atom. The molecule has 6 heteroatoms. The molecule has 0 aromatic carbocycles. The lowest BCUT2D eigenvalue weighted by Crippen LogP contribution is -2.21. The smallest absolute Gasteiger partial charge is 0.306 e. The third kappa shape index (κ3) is 19.8. The zero-order valence-corrected chi connectivity index (χ0v) is 23.3. The van der Waals surface area contributed by atoms with Gasteiger partial charge < -0.3 is 9.47 Å². The molecule has 0 spiro atoms. The van der Waals surface area contributed by atoms with Crippen molar-refractivity contribution in [3.8, 4) is 0 Å². The van der Waals surface area contributed by atoms with E-state index in [1.54, 1.807) is 0 Å². The Bertz CT molecular complexity index is 533. The fraction of sp³-hybridized carbons (Fsp3) is 0.897. The number of thioether (sulfide) groups is 1. The molecule has 1 aliphatic rings. The summed E-state index contributed by atoms with van der Waals surface area (Å²) >= 11 is 1.90. The number of esters is 1. The molecule has 0 amide bonds. The molecular formula is C29H52O5S. The summed E-state index contributed by atoms with van der Waals surface area (Å²) in [5.41, 5.74) is 0. The molecule has 0 saturated heterocycles. The highest BCUT2D eigenvalue weighted by Crippen LogP contribution is 2.27. The topological polar surface area (TPSA) is 69.7 Å². The van der Waals surface area contributed by atoms with Crippen molar-refractivity contribution < 1.29 is 23.9 Å². The number of unbranched alkanes of at least 4 members (excludes halogenated alkanes) is 7. The van der Waals surface area contributed by atoms with E-state index in [1.165, 1.54) is 51.4 Å². The summed E-state index contributed by atoms with van der Waals surface area (Å²) in [4.78, 5) is 34.5. The summed E-state index contributed by atoms with van der Waals surface area (Å²) < 4.78 is 10.6. The largest absolute Gasteiger partial charge is 0.468 e. The molecule has 0 N–H and O–H groups in total. The average Bonchev–Trinajstić information content (AvgIpc) is 2.87. The van der Waals surface area contributed by atoms with Gasteiger partial charge in [-0.25, -0.2) is 0 Å². The second kappa shape index (κ2) is 23.4. The molecule has 0 aromatic rings. The molecule has 1 saturated carbocycles. The fourth-order valence-electron chi connectivity index (χ4n) is 4.79. The maximum atomic E-state index is 12.5. The van der Waals surface area contributed by atoms with Crippen LogP contribution in [0, 0.1) is 5.92 Å². The Hall–Kier alpha value is -1.04. The van der Waals surface area contributed by atoms with E-state index in [0.29, 0.717) is 38.1 Å². The van der Waals surface area contributed by atoms with Gasteiger partial charge in [0.05, 0.1) is 6.61 Å². The van der Waals surface area contributed by atoms with E-state index in [9.17, 15) is 14.4 Å². The minimum atomic E-state index is 0.00596. The highest BCUT2D eigenvalue weighted by Gasteiger charge is 2.18. The van der Waals surface area contributed by atoms with Crippen LogP contribution in [-0.2, 0) is 23.9 Å². The number of hydrogen-bond acceptors (Lipinski definition) is 6. The number of carbonyl (C=O) groups is 3. The van der Waals surface area contributed by atoms with Gasteiger partial charge in [0, 0.05) is 25.0 Å². The summed E-state index contributed by atoms with van der Waals surface area (Å²) in [7, 11) is 0. The molecule has 1 aliphatic carbocycles. The third-order valence-electron chi connectivity index (χ3n) is 6.99. The Morgan fingerprint density at radius 3 is 2.31 bits per heavy atom. The summed E-state index contributed by atoms with van der Waals surface area (Å²) in [5, 5.41) is 0. The van der Waals surface area contributed by atoms with Gasteiger partial charge in [-0.1, -0.05) is 64.7 Å². The van der Waals surface area contributed by atoms with Gasteiger partial charge in [-0.05, 0) is 63.0 Å². The van der Waals surface area contributed by atoms with E-state index in [2.05, 4.69) is 11.7 Å². The molecule has 0 aliphatic heterocycles. The highest BCUT2D eigenvalue weighted by molar-refractivity contribution is 7.99. The Morgan fingerprint density at radius 2 is 1.60 bits per heavy atom. The molecule has 0 aromatic heterocycles. The molecule has 35 heavy (non-hydrogen) atoms. The van der Waals surface area contributed by atoms with E-state index in [0.717, 1.165) is 75.2 Å². The van der Waals surface area contributed by atoms with Gasteiger partial charge in [-0.3, -0.25) is 14.4 Å². The number of Topliss-reactive ketones (excluding diaryl/α,β-unsaturated/α-hetero) is 1. The molecule has 0 bridgehead atoms. The van der Waals surface area contributed by atoms with Crippen LogP contribution < -0.4 is 0 Å². The van der Waals surface area contributed by atoms with Crippen molar-refractivity contribution in [3.63, 3.8) is 0 Å². The Labute approximate surface area is 219 Å². The third-order valence-corrected chi connectivity index (χ3v) is 8.18. The first-order valence-electron chi connectivity index (χ1n) is 14.5. The van der Waals surface area contributed by atoms with Crippen molar-refractivity contribution in [1.82, 2.24) is 0 Å². The molecule has 1 rings (SSSR count). The fourth-order valence-corrected chi connectivity index (χ4v) is 5.87. The van der Waals surface area contributed by atoms with Crippen molar-refractivity contribution in [1.29, 1.82) is 0 Å². The van der Waals surface area contributed by atoms with Gasteiger partial charge in [0.2, 0.25) is 0 Å². The molecule has 0 radical (unpaired) electrons. The van der Waals surface area contributed by atoms with Crippen LogP contribution in [0.5, 0.6) is 0 Å². The number of rotatable bonds is 24. The van der Waals surface area contributed by atoms with Crippen LogP contribution in [0.15, 0.2) is 0 Å². The number of ketones is 1.